The van der Waals surface area contributed by atoms with Crippen molar-refractivity contribution >= 4 is 29.6 Å². The maximum absolute atomic E-state index is 13.4. The number of amides is 4. The largest absolute Gasteiger partial charge is 0.484 e. The Bertz CT molecular complexity index is 1320. The summed E-state index contributed by atoms with van der Waals surface area (Å²) >= 11 is 0. The van der Waals surface area contributed by atoms with E-state index in [0.29, 0.717) is 18.6 Å². The van der Waals surface area contributed by atoms with Crippen LogP contribution in [0.1, 0.15) is 66.4 Å². The maximum Gasteiger partial charge on any atom is 0.326 e. The standard InChI is InChI=1S/C36H52N4O8/c1-22(2)17-27(38-34(44)28(18-23(3)4)37-32(43)21-48-26-15-11-8-12-16-26)30(41)20-31(42)40-33(24(5)6)35(45)39-29(36(46)47)19-25-13-9-7-10-14-25/h7-16,22-24,27-30,33,41H,17-21H2,1-6H3,(H,37,43)(H,38,44)(H,39,45)(H,40,42)(H,46,47)/t27?,28-,29?,30-,33-/m0/s1. The zero-order valence-corrected chi connectivity index (χ0v) is 28.8. The summed E-state index contributed by atoms with van der Waals surface area (Å²) in [6, 6.07) is 13.7. The molecule has 6 N–H and O–H groups in total. The van der Waals surface area contributed by atoms with Crippen LogP contribution in [0.3, 0.4) is 0 Å². The average Bonchev–Trinajstić information content (AvgIpc) is 3.01. The SMILES string of the molecule is CC(C)CC(NC(=O)[C@H](CC(C)C)NC(=O)COc1ccccc1)[C@@H](O)CC(=O)N[C@H](C(=O)NC(Cc1ccccc1)C(=O)O)C(C)C. The van der Waals surface area contributed by atoms with Gasteiger partial charge in [0.15, 0.2) is 6.61 Å². The number of aliphatic carboxylic acids is 1. The molecule has 0 saturated heterocycles. The van der Waals surface area contributed by atoms with Crippen molar-refractivity contribution in [2.75, 3.05) is 6.61 Å². The molecule has 0 aromatic heterocycles. The molecule has 0 saturated carbocycles. The second kappa shape index (κ2) is 20.0. The molecule has 0 heterocycles. The van der Waals surface area contributed by atoms with E-state index in [-0.39, 0.29) is 24.9 Å². The van der Waals surface area contributed by atoms with Crippen LogP contribution in [-0.2, 0) is 30.4 Å². The van der Waals surface area contributed by atoms with Gasteiger partial charge in [-0.25, -0.2) is 4.79 Å². The summed E-state index contributed by atoms with van der Waals surface area (Å²) < 4.78 is 5.51. The van der Waals surface area contributed by atoms with Crippen LogP contribution in [-0.4, -0.2) is 76.7 Å². The van der Waals surface area contributed by atoms with E-state index in [4.69, 9.17) is 4.74 Å². The predicted molar refractivity (Wildman–Crippen MR) is 182 cm³/mol. The molecule has 0 aliphatic rings. The number of carbonyl (C=O) groups is 5. The third-order valence-corrected chi connectivity index (χ3v) is 7.55. The van der Waals surface area contributed by atoms with E-state index >= 15 is 0 Å². The van der Waals surface area contributed by atoms with E-state index in [1.165, 1.54) is 0 Å². The summed E-state index contributed by atoms with van der Waals surface area (Å²) in [7, 11) is 0. The lowest BCUT2D eigenvalue weighted by molar-refractivity contribution is -0.142. The van der Waals surface area contributed by atoms with Crippen molar-refractivity contribution in [2.24, 2.45) is 17.8 Å². The zero-order chi connectivity index (χ0) is 35.8. The van der Waals surface area contributed by atoms with Crippen molar-refractivity contribution in [2.45, 2.75) is 97.5 Å². The fourth-order valence-corrected chi connectivity index (χ4v) is 5.12. The number of carboxylic acid groups (broad SMARTS) is 1. The van der Waals surface area contributed by atoms with E-state index < -0.39 is 72.2 Å². The number of carboxylic acids is 1. The van der Waals surface area contributed by atoms with Gasteiger partial charge in [-0.05, 0) is 48.3 Å². The van der Waals surface area contributed by atoms with Gasteiger partial charge in [-0.1, -0.05) is 90.1 Å². The van der Waals surface area contributed by atoms with Crippen LogP contribution in [0.15, 0.2) is 60.7 Å². The van der Waals surface area contributed by atoms with E-state index in [1.807, 2.05) is 33.8 Å². The first kappa shape index (κ1) is 39.7. The lowest BCUT2D eigenvalue weighted by Crippen LogP contribution is -2.56. The summed E-state index contributed by atoms with van der Waals surface area (Å²) in [6.07, 6.45) is -0.997. The molecule has 0 aliphatic carbocycles. The van der Waals surface area contributed by atoms with Crippen molar-refractivity contribution in [3.63, 3.8) is 0 Å². The number of benzene rings is 2. The third-order valence-electron chi connectivity index (χ3n) is 7.55. The molecule has 0 fully saturated rings. The molecule has 0 spiro atoms. The number of hydrogen-bond acceptors (Lipinski definition) is 7. The number of aliphatic hydroxyl groups is 1. The molecule has 2 rings (SSSR count). The highest BCUT2D eigenvalue weighted by atomic mass is 16.5. The molecule has 12 heteroatoms. The highest BCUT2D eigenvalue weighted by molar-refractivity contribution is 5.91. The van der Waals surface area contributed by atoms with E-state index in [0.717, 1.165) is 5.56 Å². The molecule has 4 amide bonds. The molecule has 2 aromatic carbocycles. The Hall–Kier alpha value is -4.45. The van der Waals surface area contributed by atoms with Gasteiger partial charge in [0.05, 0.1) is 18.6 Å². The molecule has 264 valence electrons. The fraction of sp³-hybridized carbons (Fsp3) is 0.528. The van der Waals surface area contributed by atoms with Gasteiger partial charge < -0.3 is 36.2 Å². The topological polar surface area (TPSA) is 183 Å². The van der Waals surface area contributed by atoms with Crippen molar-refractivity contribution in [1.29, 1.82) is 0 Å². The minimum atomic E-state index is -1.31. The highest BCUT2D eigenvalue weighted by Crippen LogP contribution is 2.15. The Morgan fingerprint density at radius 3 is 1.81 bits per heavy atom. The molecule has 0 aliphatic heterocycles. The number of aliphatic hydroxyl groups excluding tert-OH is 1. The van der Waals surface area contributed by atoms with Crippen LogP contribution in [0, 0.1) is 17.8 Å². The summed E-state index contributed by atoms with van der Waals surface area (Å²) in [5.41, 5.74) is 0.729. The maximum atomic E-state index is 13.4. The molecule has 2 aromatic rings. The minimum Gasteiger partial charge on any atom is -0.484 e. The third kappa shape index (κ3) is 14.5. The Morgan fingerprint density at radius 1 is 0.688 bits per heavy atom. The summed E-state index contributed by atoms with van der Waals surface area (Å²) in [5, 5.41) is 31.6. The van der Waals surface area contributed by atoms with Crippen molar-refractivity contribution < 1.29 is 38.9 Å². The quantitative estimate of drug-likeness (QED) is 0.125. The first-order chi connectivity index (χ1) is 22.7. The Balaban J connectivity index is 2.06. The molecule has 12 nitrogen and oxygen atoms in total. The number of nitrogens with one attached hydrogen (secondary N) is 4. The van der Waals surface area contributed by atoms with Gasteiger partial charge in [0.25, 0.3) is 5.91 Å². The number of hydrogen-bond donors (Lipinski definition) is 6. The summed E-state index contributed by atoms with van der Waals surface area (Å²) in [5.74, 6) is -3.27. The van der Waals surface area contributed by atoms with Crippen LogP contribution in [0.25, 0.3) is 0 Å². The molecular formula is C36H52N4O8. The van der Waals surface area contributed by atoms with Crippen molar-refractivity contribution in [3.05, 3.63) is 66.2 Å². The smallest absolute Gasteiger partial charge is 0.326 e. The number of para-hydroxylation sites is 1. The Morgan fingerprint density at radius 2 is 1.27 bits per heavy atom. The van der Waals surface area contributed by atoms with Crippen LogP contribution in [0.2, 0.25) is 0 Å². The van der Waals surface area contributed by atoms with Gasteiger partial charge in [0.2, 0.25) is 17.7 Å². The molecule has 0 bridgehead atoms. The van der Waals surface area contributed by atoms with Gasteiger partial charge in [-0.2, -0.15) is 0 Å². The van der Waals surface area contributed by atoms with E-state index in [9.17, 15) is 34.2 Å². The zero-order valence-electron chi connectivity index (χ0n) is 28.8. The van der Waals surface area contributed by atoms with Crippen LogP contribution < -0.4 is 26.0 Å². The second-order valence-electron chi connectivity index (χ2n) is 13.2. The van der Waals surface area contributed by atoms with Crippen LogP contribution in [0.4, 0.5) is 0 Å². The normalized spacial score (nSPS) is 14.4. The first-order valence-corrected chi connectivity index (χ1v) is 16.5. The molecule has 0 radical (unpaired) electrons. The van der Waals surface area contributed by atoms with E-state index in [2.05, 4.69) is 21.3 Å². The summed E-state index contributed by atoms with van der Waals surface area (Å²) in [6.45, 7) is 10.8. The monoisotopic (exact) mass is 668 g/mol. The Labute approximate surface area is 283 Å². The van der Waals surface area contributed by atoms with Gasteiger partial charge in [0, 0.05) is 6.42 Å². The molecule has 5 atom stereocenters. The van der Waals surface area contributed by atoms with Crippen molar-refractivity contribution in [3.8, 4) is 5.75 Å². The lowest BCUT2D eigenvalue weighted by Gasteiger charge is -2.29. The molecular weight excluding hydrogens is 616 g/mol. The van der Waals surface area contributed by atoms with Gasteiger partial charge >= 0.3 is 5.97 Å². The molecule has 48 heavy (non-hydrogen) atoms. The van der Waals surface area contributed by atoms with Gasteiger partial charge in [-0.3, -0.25) is 19.2 Å². The lowest BCUT2D eigenvalue weighted by atomic mass is 9.95. The van der Waals surface area contributed by atoms with Gasteiger partial charge in [-0.15, -0.1) is 0 Å². The first-order valence-electron chi connectivity index (χ1n) is 16.5. The fourth-order valence-electron chi connectivity index (χ4n) is 5.12. The minimum absolute atomic E-state index is 0.0391. The van der Waals surface area contributed by atoms with Crippen molar-refractivity contribution in [1.82, 2.24) is 21.3 Å². The number of rotatable bonds is 20. The average molecular weight is 669 g/mol. The predicted octanol–water partition coefficient (Wildman–Crippen LogP) is 2.83. The van der Waals surface area contributed by atoms with Crippen LogP contribution in [0.5, 0.6) is 5.75 Å². The van der Waals surface area contributed by atoms with E-state index in [1.54, 1.807) is 68.4 Å². The summed E-state index contributed by atoms with van der Waals surface area (Å²) in [4.78, 5) is 64.3. The Kier molecular flexibility index (Phi) is 16.6. The van der Waals surface area contributed by atoms with Gasteiger partial charge in [0.1, 0.15) is 23.9 Å². The van der Waals surface area contributed by atoms with Crippen LogP contribution >= 0.6 is 0 Å². The second-order valence-corrected chi connectivity index (χ2v) is 13.2. The highest BCUT2D eigenvalue weighted by Gasteiger charge is 2.32. The number of ether oxygens (including phenoxy) is 1. The molecule has 2 unspecified atom stereocenters. The number of carbonyl (C=O) groups excluding carboxylic acids is 4.